The summed E-state index contributed by atoms with van der Waals surface area (Å²) in [6.07, 6.45) is 0. The lowest BCUT2D eigenvalue weighted by Gasteiger charge is -2.07. The molecule has 0 bridgehead atoms. The van der Waals surface area contributed by atoms with Crippen LogP contribution in [0.3, 0.4) is 0 Å². The molecule has 5 nitrogen and oxygen atoms in total. The standard InChI is InChI=1S/C11H9Cl2NO4S/c1-6-11(7(2)17-14-6)19(15,16)18-8-3-4-9(12)10(13)5-8/h3-5H,1-2H3. The first-order valence-electron chi connectivity index (χ1n) is 5.13. The highest BCUT2D eigenvalue weighted by Crippen LogP contribution is 2.29. The second-order valence-electron chi connectivity index (χ2n) is 3.77. The quantitative estimate of drug-likeness (QED) is 0.810. The summed E-state index contributed by atoms with van der Waals surface area (Å²) >= 11 is 11.5. The molecule has 0 amide bonds. The van der Waals surface area contributed by atoms with Crippen LogP contribution in [-0.2, 0) is 10.1 Å². The van der Waals surface area contributed by atoms with Crippen LogP contribution in [0.15, 0.2) is 27.6 Å². The molecule has 0 fully saturated rings. The van der Waals surface area contributed by atoms with Gasteiger partial charge in [0.2, 0.25) is 0 Å². The molecular weight excluding hydrogens is 313 g/mol. The molecule has 0 N–H and O–H groups in total. The van der Waals surface area contributed by atoms with Gasteiger partial charge in [0.05, 0.1) is 10.0 Å². The lowest BCUT2D eigenvalue weighted by atomic mass is 10.3. The minimum absolute atomic E-state index is 0.0643. The van der Waals surface area contributed by atoms with Crippen molar-refractivity contribution in [2.75, 3.05) is 0 Å². The average molecular weight is 322 g/mol. The molecule has 2 aromatic rings. The summed E-state index contributed by atoms with van der Waals surface area (Å²) in [6.45, 7) is 3.01. The predicted octanol–water partition coefficient (Wildman–Crippen LogP) is 3.37. The van der Waals surface area contributed by atoms with Gasteiger partial charge in [0.25, 0.3) is 0 Å². The van der Waals surface area contributed by atoms with Crippen molar-refractivity contribution < 1.29 is 17.1 Å². The molecule has 102 valence electrons. The SMILES string of the molecule is Cc1noc(C)c1S(=O)(=O)Oc1ccc(Cl)c(Cl)c1. The van der Waals surface area contributed by atoms with E-state index in [1.165, 1.54) is 32.0 Å². The van der Waals surface area contributed by atoms with Crippen LogP contribution in [0.1, 0.15) is 11.5 Å². The molecule has 0 saturated carbocycles. The van der Waals surface area contributed by atoms with Gasteiger partial charge in [-0.15, -0.1) is 0 Å². The van der Waals surface area contributed by atoms with E-state index in [1.807, 2.05) is 0 Å². The van der Waals surface area contributed by atoms with Crippen molar-refractivity contribution >= 4 is 33.3 Å². The van der Waals surface area contributed by atoms with E-state index in [4.69, 9.17) is 31.9 Å². The van der Waals surface area contributed by atoms with Crippen molar-refractivity contribution in [3.05, 3.63) is 39.7 Å². The number of hydrogen-bond donors (Lipinski definition) is 0. The van der Waals surface area contributed by atoms with Gasteiger partial charge in [-0.05, 0) is 26.0 Å². The Labute approximate surface area is 120 Å². The maximum absolute atomic E-state index is 12.1. The van der Waals surface area contributed by atoms with Gasteiger partial charge in [-0.25, -0.2) is 0 Å². The maximum atomic E-state index is 12.1. The van der Waals surface area contributed by atoms with Crippen molar-refractivity contribution in [3.63, 3.8) is 0 Å². The molecule has 0 aliphatic rings. The number of halogens is 2. The highest BCUT2D eigenvalue weighted by Gasteiger charge is 2.26. The lowest BCUT2D eigenvalue weighted by Crippen LogP contribution is -2.11. The normalized spacial score (nSPS) is 11.6. The van der Waals surface area contributed by atoms with Gasteiger partial charge in [-0.3, -0.25) is 0 Å². The highest BCUT2D eigenvalue weighted by atomic mass is 35.5. The lowest BCUT2D eigenvalue weighted by molar-refractivity contribution is 0.390. The molecule has 0 atom stereocenters. The molecule has 0 aliphatic carbocycles. The zero-order valence-electron chi connectivity index (χ0n) is 9.98. The minimum Gasteiger partial charge on any atom is -0.379 e. The Morgan fingerprint density at radius 2 is 1.89 bits per heavy atom. The second-order valence-corrected chi connectivity index (χ2v) is 6.06. The summed E-state index contributed by atoms with van der Waals surface area (Å²) in [5.74, 6) is 0.229. The summed E-state index contributed by atoms with van der Waals surface area (Å²) < 4.78 is 34.0. The maximum Gasteiger partial charge on any atom is 0.344 e. The number of hydrogen-bond acceptors (Lipinski definition) is 5. The molecule has 0 radical (unpaired) electrons. The first kappa shape index (κ1) is 14.2. The van der Waals surface area contributed by atoms with Crippen LogP contribution in [0.25, 0.3) is 0 Å². The smallest absolute Gasteiger partial charge is 0.344 e. The Bertz CT molecular complexity index is 705. The molecule has 0 spiro atoms. The van der Waals surface area contributed by atoms with E-state index in [0.717, 1.165) is 0 Å². The average Bonchev–Trinajstić information content (AvgIpc) is 2.64. The third-order valence-electron chi connectivity index (χ3n) is 2.31. The van der Waals surface area contributed by atoms with Gasteiger partial charge in [0.15, 0.2) is 10.7 Å². The Balaban J connectivity index is 2.39. The molecule has 1 heterocycles. The zero-order chi connectivity index (χ0) is 14.2. The molecule has 19 heavy (non-hydrogen) atoms. The number of aryl methyl sites for hydroxylation is 2. The highest BCUT2D eigenvalue weighted by molar-refractivity contribution is 7.87. The Morgan fingerprint density at radius 3 is 2.42 bits per heavy atom. The molecule has 0 saturated heterocycles. The van der Waals surface area contributed by atoms with Crippen LogP contribution in [0.4, 0.5) is 0 Å². The van der Waals surface area contributed by atoms with E-state index in [1.54, 1.807) is 0 Å². The van der Waals surface area contributed by atoms with Gasteiger partial charge in [-0.2, -0.15) is 8.42 Å². The minimum atomic E-state index is -4.02. The topological polar surface area (TPSA) is 69.4 Å². The van der Waals surface area contributed by atoms with Crippen LogP contribution in [0, 0.1) is 13.8 Å². The van der Waals surface area contributed by atoms with Crippen molar-refractivity contribution in [2.24, 2.45) is 0 Å². The summed E-state index contributed by atoms with van der Waals surface area (Å²) in [7, 11) is -4.02. The van der Waals surface area contributed by atoms with Gasteiger partial charge < -0.3 is 8.71 Å². The van der Waals surface area contributed by atoms with E-state index in [2.05, 4.69) is 5.16 Å². The van der Waals surface area contributed by atoms with Crippen molar-refractivity contribution in [2.45, 2.75) is 18.7 Å². The Morgan fingerprint density at radius 1 is 1.21 bits per heavy atom. The third-order valence-corrected chi connectivity index (χ3v) is 4.55. The monoisotopic (exact) mass is 321 g/mol. The first-order valence-corrected chi connectivity index (χ1v) is 7.30. The third kappa shape index (κ3) is 2.86. The van der Waals surface area contributed by atoms with Crippen LogP contribution in [0.2, 0.25) is 10.0 Å². The molecule has 8 heteroatoms. The number of rotatable bonds is 3. The van der Waals surface area contributed by atoms with Crippen LogP contribution < -0.4 is 4.18 Å². The van der Waals surface area contributed by atoms with Gasteiger partial charge in [0, 0.05) is 6.07 Å². The van der Waals surface area contributed by atoms with E-state index < -0.39 is 10.1 Å². The Hall–Kier alpha value is -1.24. The molecule has 1 aromatic heterocycles. The van der Waals surface area contributed by atoms with Gasteiger partial charge in [0.1, 0.15) is 11.4 Å². The predicted molar refractivity (Wildman–Crippen MR) is 70.3 cm³/mol. The number of benzene rings is 1. The first-order chi connectivity index (χ1) is 8.81. The molecular formula is C11H9Cl2NO4S. The molecule has 1 aromatic carbocycles. The molecule has 0 unspecified atom stereocenters. The van der Waals surface area contributed by atoms with E-state index in [9.17, 15) is 8.42 Å². The fourth-order valence-corrected chi connectivity index (χ4v) is 3.05. The number of nitrogens with zero attached hydrogens (tertiary/aromatic N) is 1. The number of aromatic nitrogens is 1. The van der Waals surface area contributed by atoms with E-state index in [0.29, 0.717) is 5.02 Å². The summed E-state index contributed by atoms with van der Waals surface area (Å²) in [6, 6.07) is 4.17. The van der Waals surface area contributed by atoms with Crippen LogP contribution >= 0.6 is 23.2 Å². The summed E-state index contributed by atoms with van der Waals surface area (Å²) in [5, 5.41) is 4.09. The van der Waals surface area contributed by atoms with Gasteiger partial charge in [-0.1, -0.05) is 28.4 Å². The van der Waals surface area contributed by atoms with Crippen molar-refractivity contribution in [1.29, 1.82) is 0 Å². The van der Waals surface area contributed by atoms with Crippen molar-refractivity contribution in [3.8, 4) is 5.75 Å². The molecule has 0 aliphatic heterocycles. The fraction of sp³-hybridized carbons (Fsp3) is 0.182. The van der Waals surface area contributed by atoms with Gasteiger partial charge >= 0.3 is 10.1 Å². The largest absolute Gasteiger partial charge is 0.379 e. The van der Waals surface area contributed by atoms with Crippen LogP contribution in [-0.4, -0.2) is 13.6 Å². The van der Waals surface area contributed by atoms with Crippen molar-refractivity contribution in [1.82, 2.24) is 5.16 Å². The van der Waals surface area contributed by atoms with Crippen LogP contribution in [0.5, 0.6) is 5.75 Å². The van der Waals surface area contributed by atoms with E-state index in [-0.39, 0.29) is 27.1 Å². The zero-order valence-corrected chi connectivity index (χ0v) is 12.3. The summed E-state index contributed by atoms with van der Waals surface area (Å²) in [5.41, 5.74) is 0.234. The second kappa shape index (κ2) is 5.03. The fourth-order valence-electron chi connectivity index (χ4n) is 1.53. The summed E-state index contributed by atoms with van der Waals surface area (Å²) in [4.78, 5) is -0.0847. The van der Waals surface area contributed by atoms with E-state index >= 15 is 0 Å². The molecule has 2 rings (SSSR count). The Kier molecular flexibility index (Phi) is 3.75.